The third-order valence-electron chi connectivity index (χ3n) is 1.44. The van der Waals surface area contributed by atoms with E-state index in [-0.39, 0.29) is 11.5 Å². The monoisotopic (exact) mass is 179 g/mol. The fraction of sp³-hybridized carbons (Fsp3) is 0. The maximum atomic E-state index is 9.86. The summed E-state index contributed by atoms with van der Waals surface area (Å²) in [5.74, 6) is -0.353. The molecule has 13 heavy (non-hydrogen) atoms. The minimum absolute atomic E-state index is 0.166. The van der Waals surface area contributed by atoms with Crippen LogP contribution >= 0.6 is 0 Å². The molecule has 0 unspecified atom stereocenters. The van der Waals surface area contributed by atoms with Crippen LogP contribution in [0.25, 0.3) is 6.08 Å². The van der Waals surface area contributed by atoms with Gasteiger partial charge in [-0.25, -0.2) is 0 Å². The number of rotatable bonds is 3. The van der Waals surface area contributed by atoms with Gasteiger partial charge in [-0.3, -0.25) is 4.79 Å². The molecule has 0 saturated carbocycles. The highest BCUT2D eigenvalue weighted by Gasteiger charge is 1.96. The van der Waals surface area contributed by atoms with Gasteiger partial charge in [-0.1, -0.05) is 6.07 Å². The van der Waals surface area contributed by atoms with Crippen LogP contribution in [0.5, 0.6) is 11.5 Å². The van der Waals surface area contributed by atoms with Crippen LogP contribution in [0.1, 0.15) is 5.56 Å². The molecular weight excluding hydrogens is 170 g/mol. The Balaban J connectivity index is 2.79. The topological polar surface area (TPSA) is 69.6 Å². The normalized spacial score (nSPS) is 10.2. The van der Waals surface area contributed by atoms with Crippen molar-refractivity contribution in [3.05, 3.63) is 30.0 Å². The first-order chi connectivity index (χ1) is 6.24. The second kappa shape index (κ2) is 4.15. The van der Waals surface area contributed by atoms with E-state index in [1.807, 2.05) is 0 Å². The molecule has 1 amide bonds. The van der Waals surface area contributed by atoms with Gasteiger partial charge in [-0.2, -0.15) is 0 Å². The summed E-state index contributed by atoms with van der Waals surface area (Å²) in [6.45, 7) is 0. The Bertz CT molecular complexity index is 334. The molecule has 0 bridgehead atoms. The van der Waals surface area contributed by atoms with Crippen molar-refractivity contribution in [3.63, 3.8) is 0 Å². The first-order valence-electron chi connectivity index (χ1n) is 3.62. The summed E-state index contributed by atoms with van der Waals surface area (Å²) < 4.78 is 0. The number of nitrogens with one attached hydrogen (secondary N) is 1. The number of aromatic hydroxyl groups is 2. The second-order valence-corrected chi connectivity index (χ2v) is 2.37. The van der Waals surface area contributed by atoms with Gasteiger partial charge in [0.05, 0.1) is 0 Å². The molecule has 4 nitrogen and oxygen atoms in total. The molecule has 0 saturated heterocycles. The molecule has 0 heterocycles. The summed E-state index contributed by atoms with van der Waals surface area (Å²) in [5.41, 5.74) is 0.685. The lowest BCUT2D eigenvalue weighted by molar-refractivity contribution is -0.108. The fourth-order valence-corrected chi connectivity index (χ4v) is 0.828. The minimum atomic E-state index is -0.187. The van der Waals surface area contributed by atoms with Crippen molar-refractivity contribution in [1.82, 2.24) is 5.32 Å². The van der Waals surface area contributed by atoms with Gasteiger partial charge >= 0.3 is 0 Å². The number of phenols is 2. The van der Waals surface area contributed by atoms with E-state index < -0.39 is 0 Å². The van der Waals surface area contributed by atoms with Crippen LogP contribution in [0.15, 0.2) is 24.4 Å². The number of amides is 1. The van der Waals surface area contributed by atoms with Crippen LogP contribution in [0.2, 0.25) is 0 Å². The van der Waals surface area contributed by atoms with Crippen LogP contribution in [-0.4, -0.2) is 16.6 Å². The molecular formula is C9H9NO3. The van der Waals surface area contributed by atoms with Crippen molar-refractivity contribution in [2.75, 3.05) is 0 Å². The van der Waals surface area contributed by atoms with Crippen LogP contribution in [0.4, 0.5) is 0 Å². The predicted molar refractivity (Wildman–Crippen MR) is 48.0 cm³/mol. The van der Waals surface area contributed by atoms with Crippen LogP contribution < -0.4 is 5.32 Å². The van der Waals surface area contributed by atoms with Crippen molar-refractivity contribution in [1.29, 1.82) is 0 Å². The Kier molecular flexibility index (Phi) is 2.92. The van der Waals surface area contributed by atoms with E-state index in [9.17, 15) is 4.79 Å². The lowest BCUT2D eigenvalue weighted by Crippen LogP contribution is -1.97. The van der Waals surface area contributed by atoms with Crippen molar-refractivity contribution < 1.29 is 15.0 Å². The van der Waals surface area contributed by atoms with Gasteiger partial charge in [0, 0.05) is 6.20 Å². The summed E-state index contributed by atoms with van der Waals surface area (Å²) >= 11 is 0. The van der Waals surface area contributed by atoms with E-state index in [0.717, 1.165) is 0 Å². The Labute approximate surface area is 75.1 Å². The molecule has 0 aromatic heterocycles. The van der Waals surface area contributed by atoms with E-state index in [0.29, 0.717) is 12.0 Å². The number of carbonyl (C=O) groups is 1. The van der Waals surface area contributed by atoms with Crippen LogP contribution in [-0.2, 0) is 4.79 Å². The molecule has 0 atom stereocenters. The molecule has 68 valence electrons. The molecule has 0 spiro atoms. The zero-order valence-corrected chi connectivity index (χ0v) is 6.77. The number of hydrogen-bond donors (Lipinski definition) is 3. The van der Waals surface area contributed by atoms with E-state index in [2.05, 4.69) is 5.32 Å². The molecule has 0 radical (unpaired) electrons. The third-order valence-corrected chi connectivity index (χ3v) is 1.44. The smallest absolute Gasteiger partial charge is 0.211 e. The zero-order chi connectivity index (χ0) is 9.68. The number of phenolic OH excluding ortho intramolecular Hbond substituents is 2. The first kappa shape index (κ1) is 9.12. The summed E-state index contributed by atoms with van der Waals surface area (Å²) in [5, 5.41) is 20.4. The van der Waals surface area contributed by atoms with Crippen molar-refractivity contribution >= 4 is 12.5 Å². The Morgan fingerprint density at radius 3 is 2.62 bits per heavy atom. The Morgan fingerprint density at radius 1 is 1.23 bits per heavy atom. The Morgan fingerprint density at radius 2 is 2.00 bits per heavy atom. The SMILES string of the molecule is O=CN/C=C/c1ccc(O)c(O)c1. The lowest BCUT2D eigenvalue weighted by atomic mass is 10.2. The van der Waals surface area contributed by atoms with E-state index in [1.165, 1.54) is 18.3 Å². The molecule has 0 fully saturated rings. The van der Waals surface area contributed by atoms with Gasteiger partial charge in [-0.05, 0) is 23.8 Å². The van der Waals surface area contributed by atoms with Gasteiger partial charge in [0.2, 0.25) is 6.41 Å². The fourth-order valence-electron chi connectivity index (χ4n) is 0.828. The molecule has 1 rings (SSSR count). The lowest BCUT2D eigenvalue weighted by Gasteiger charge is -1.97. The molecule has 0 aliphatic rings. The predicted octanol–water partition coefficient (Wildman–Crippen LogP) is 0.814. The molecule has 4 heteroatoms. The highest BCUT2D eigenvalue weighted by molar-refractivity contribution is 5.57. The Hall–Kier alpha value is -1.97. The summed E-state index contributed by atoms with van der Waals surface area (Å²) in [4.78, 5) is 9.86. The third kappa shape index (κ3) is 2.52. The maximum absolute atomic E-state index is 9.86. The number of carbonyl (C=O) groups excluding carboxylic acids is 1. The molecule has 1 aromatic rings. The van der Waals surface area contributed by atoms with Gasteiger partial charge in [0.15, 0.2) is 11.5 Å². The quantitative estimate of drug-likeness (QED) is 0.475. The van der Waals surface area contributed by atoms with Gasteiger partial charge in [-0.15, -0.1) is 0 Å². The van der Waals surface area contributed by atoms with E-state index in [4.69, 9.17) is 10.2 Å². The molecule has 1 aromatic carbocycles. The van der Waals surface area contributed by atoms with Crippen LogP contribution in [0, 0.1) is 0 Å². The van der Waals surface area contributed by atoms with Crippen molar-refractivity contribution in [3.8, 4) is 11.5 Å². The standard InChI is InChI=1S/C9H9NO3/c11-6-10-4-3-7-1-2-8(12)9(13)5-7/h1-6,12-13H,(H,10,11)/b4-3+. The average molecular weight is 179 g/mol. The highest BCUT2D eigenvalue weighted by Crippen LogP contribution is 2.25. The van der Waals surface area contributed by atoms with Crippen molar-refractivity contribution in [2.45, 2.75) is 0 Å². The van der Waals surface area contributed by atoms with Gasteiger partial charge in [0.25, 0.3) is 0 Å². The van der Waals surface area contributed by atoms with Crippen molar-refractivity contribution in [2.24, 2.45) is 0 Å². The van der Waals surface area contributed by atoms with E-state index in [1.54, 1.807) is 12.1 Å². The first-order valence-corrected chi connectivity index (χ1v) is 3.62. The maximum Gasteiger partial charge on any atom is 0.211 e. The minimum Gasteiger partial charge on any atom is -0.504 e. The largest absolute Gasteiger partial charge is 0.504 e. The van der Waals surface area contributed by atoms with E-state index >= 15 is 0 Å². The summed E-state index contributed by atoms with van der Waals surface area (Å²) in [7, 11) is 0. The molecule has 0 aliphatic carbocycles. The molecule has 3 N–H and O–H groups in total. The van der Waals surface area contributed by atoms with Gasteiger partial charge < -0.3 is 15.5 Å². The second-order valence-electron chi connectivity index (χ2n) is 2.37. The van der Waals surface area contributed by atoms with Gasteiger partial charge in [0.1, 0.15) is 0 Å². The van der Waals surface area contributed by atoms with Crippen LogP contribution in [0.3, 0.4) is 0 Å². The highest BCUT2D eigenvalue weighted by atomic mass is 16.3. The average Bonchev–Trinajstić information content (AvgIpc) is 2.12. The summed E-state index contributed by atoms with van der Waals surface area (Å²) in [6, 6.07) is 4.37. The number of benzene rings is 1. The molecule has 0 aliphatic heterocycles. The summed E-state index contributed by atoms with van der Waals surface area (Å²) in [6.07, 6.45) is 3.56. The number of hydrogen-bond acceptors (Lipinski definition) is 3. The zero-order valence-electron chi connectivity index (χ0n) is 6.77.